The molecule has 3 nitrogen and oxygen atoms in total. The Morgan fingerprint density at radius 2 is 1.88 bits per heavy atom. The fourth-order valence-electron chi connectivity index (χ4n) is 1.60. The highest BCUT2D eigenvalue weighted by molar-refractivity contribution is 7.80. The van der Waals surface area contributed by atoms with Crippen LogP contribution in [0.5, 0.6) is 0 Å². The van der Waals surface area contributed by atoms with Crippen molar-refractivity contribution in [3.05, 3.63) is 29.8 Å². The van der Waals surface area contributed by atoms with Crippen LogP contribution in [0.1, 0.15) is 31.1 Å². The van der Waals surface area contributed by atoms with Gasteiger partial charge in [-0.25, -0.2) is 0 Å². The number of benzene rings is 1. The molecule has 0 aliphatic heterocycles. The summed E-state index contributed by atoms with van der Waals surface area (Å²) in [5, 5.41) is 3.79. The van der Waals surface area contributed by atoms with Gasteiger partial charge in [0.05, 0.1) is 5.69 Å². The van der Waals surface area contributed by atoms with Gasteiger partial charge in [0, 0.05) is 18.7 Å². The van der Waals surface area contributed by atoms with Crippen molar-refractivity contribution in [1.82, 2.24) is 4.90 Å². The first-order valence-electron chi connectivity index (χ1n) is 5.76. The number of hydrogen-bond acceptors (Lipinski definition) is 2. The number of rotatable bonds is 4. The van der Waals surface area contributed by atoms with E-state index in [1.54, 1.807) is 13.0 Å². The van der Waals surface area contributed by atoms with Crippen molar-refractivity contribution in [2.75, 3.05) is 18.4 Å². The second-order valence-corrected chi connectivity index (χ2v) is 4.09. The van der Waals surface area contributed by atoms with Crippen LogP contribution in [0.3, 0.4) is 0 Å². The van der Waals surface area contributed by atoms with Crippen molar-refractivity contribution in [2.45, 2.75) is 20.8 Å². The van der Waals surface area contributed by atoms with Gasteiger partial charge < -0.3 is 10.2 Å². The number of anilines is 1. The van der Waals surface area contributed by atoms with E-state index >= 15 is 0 Å². The molecular weight excluding hydrogens is 232 g/mol. The Bertz CT molecular complexity index is 414. The Hall–Kier alpha value is -1.42. The van der Waals surface area contributed by atoms with E-state index in [0.29, 0.717) is 10.7 Å². The number of carbonyl (C=O) groups is 1. The Morgan fingerprint density at radius 1 is 1.29 bits per heavy atom. The molecule has 1 rings (SSSR count). The van der Waals surface area contributed by atoms with E-state index in [1.165, 1.54) is 0 Å². The molecule has 0 bridgehead atoms. The molecule has 0 radical (unpaired) electrons. The highest BCUT2D eigenvalue weighted by Crippen LogP contribution is 2.16. The predicted octanol–water partition coefficient (Wildman–Crippen LogP) is 2.93. The molecule has 0 amide bonds. The number of ketones is 1. The summed E-state index contributed by atoms with van der Waals surface area (Å²) < 4.78 is 0. The average Bonchev–Trinajstić information content (AvgIpc) is 2.31. The topological polar surface area (TPSA) is 32.3 Å². The molecule has 17 heavy (non-hydrogen) atoms. The van der Waals surface area contributed by atoms with Gasteiger partial charge in [0.1, 0.15) is 0 Å². The molecule has 0 spiro atoms. The third-order valence-electron chi connectivity index (χ3n) is 2.60. The number of para-hydroxylation sites is 1. The Labute approximate surface area is 108 Å². The lowest BCUT2D eigenvalue weighted by molar-refractivity contribution is 0.101. The van der Waals surface area contributed by atoms with Gasteiger partial charge >= 0.3 is 0 Å². The van der Waals surface area contributed by atoms with Crippen molar-refractivity contribution in [3.63, 3.8) is 0 Å². The number of hydrogen-bond donors (Lipinski definition) is 1. The highest BCUT2D eigenvalue weighted by atomic mass is 32.1. The molecule has 1 aromatic rings. The van der Waals surface area contributed by atoms with E-state index in [0.717, 1.165) is 18.8 Å². The van der Waals surface area contributed by atoms with Crippen LogP contribution in [0.15, 0.2) is 24.3 Å². The van der Waals surface area contributed by atoms with Crippen LogP contribution in [0.25, 0.3) is 0 Å². The van der Waals surface area contributed by atoms with Gasteiger partial charge in [0.2, 0.25) is 0 Å². The molecule has 0 aliphatic carbocycles. The van der Waals surface area contributed by atoms with Crippen LogP contribution in [0.2, 0.25) is 0 Å². The second kappa shape index (κ2) is 6.35. The van der Waals surface area contributed by atoms with Crippen molar-refractivity contribution in [2.24, 2.45) is 0 Å². The Balaban J connectivity index is 2.88. The van der Waals surface area contributed by atoms with Crippen LogP contribution >= 0.6 is 12.2 Å². The fraction of sp³-hybridized carbons (Fsp3) is 0.385. The molecule has 0 atom stereocenters. The first kappa shape index (κ1) is 13.6. The van der Waals surface area contributed by atoms with Crippen LogP contribution in [0, 0.1) is 0 Å². The summed E-state index contributed by atoms with van der Waals surface area (Å²) in [5.74, 6) is 0.0375. The average molecular weight is 250 g/mol. The third kappa shape index (κ3) is 3.53. The van der Waals surface area contributed by atoms with Gasteiger partial charge in [0.25, 0.3) is 0 Å². The predicted molar refractivity (Wildman–Crippen MR) is 75.6 cm³/mol. The minimum absolute atomic E-state index is 0.0375. The minimum atomic E-state index is 0.0375. The van der Waals surface area contributed by atoms with Gasteiger partial charge in [-0.2, -0.15) is 0 Å². The van der Waals surface area contributed by atoms with E-state index in [-0.39, 0.29) is 5.78 Å². The van der Waals surface area contributed by atoms with Crippen LogP contribution in [-0.2, 0) is 0 Å². The zero-order valence-electron chi connectivity index (χ0n) is 10.5. The molecule has 4 heteroatoms. The van der Waals surface area contributed by atoms with Gasteiger partial charge in [0.15, 0.2) is 10.9 Å². The number of Topliss-reactive ketones (excluding diaryl/α,β-unsaturated/α-hetero) is 1. The van der Waals surface area contributed by atoms with E-state index in [1.807, 2.05) is 36.9 Å². The first-order valence-corrected chi connectivity index (χ1v) is 6.16. The summed E-state index contributed by atoms with van der Waals surface area (Å²) in [4.78, 5) is 13.5. The van der Waals surface area contributed by atoms with E-state index in [9.17, 15) is 4.79 Å². The largest absolute Gasteiger partial charge is 0.350 e. The maximum Gasteiger partial charge on any atom is 0.173 e. The Kier molecular flexibility index (Phi) is 5.10. The van der Waals surface area contributed by atoms with Crippen molar-refractivity contribution >= 4 is 28.8 Å². The lowest BCUT2D eigenvalue weighted by Gasteiger charge is -2.23. The summed E-state index contributed by atoms with van der Waals surface area (Å²) in [7, 11) is 0. The van der Waals surface area contributed by atoms with E-state index in [2.05, 4.69) is 5.32 Å². The molecule has 0 saturated carbocycles. The SMILES string of the molecule is CCN(CC)C(=S)Nc1ccccc1C(C)=O. The maximum absolute atomic E-state index is 11.5. The normalized spacial score (nSPS) is 9.82. The lowest BCUT2D eigenvalue weighted by Crippen LogP contribution is -2.34. The third-order valence-corrected chi connectivity index (χ3v) is 2.96. The van der Waals surface area contributed by atoms with Crippen molar-refractivity contribution in [1.29, 1.82) is 0 Å². The fourth-order valence-corrected chi connectivity index (χ4v) is 1.97. The number of nitrogens with one attached hydrogen (secondary N) is 1. The lowest BCUT2D eigenvalue weighted by atomic mass is 10.1. The molecule has 0 unspecified atom stereocenters. The van der Waals surface area contributed by atoms with E-state index in [4.69, 9.17) is 12.2 Å². The molecule has 0 aromatic heterocycles. The van der Waals surface area contributed by atoms with E-state index < -0.39 is 0 Å². The maximum atomic E-state index is 11.5. The molecule has 0 saturated heterocycles. The second-order valence-electron chi connectivity index (χ2n) is 3.70. The quantitative estimate of drug-likeness (QED) is 0.658. The van der Waals surface area contributed by atoms with Crippen molar-refractivity contribution in [3.8, 4) is 0 Å². The smallest absolute Gasteiger partial charge is 0.173 e. The van der Waals surface area contributed by atoms with Crippen LogP contribution in [0.4, 0.5) is 5.69 Å². The minimum Gasteiger partial charge on any atom is -0.350 e. The zero-order valence-corrected chi connectivity index (χ0v) is 11.3. The van der Waals surface area contributed by atoms with Gasteiger partial charge in [-0.15, -0.1) is 0 Å². The first-order chi connectivity index (χ1) is 8.10. The number of carbonyl (C=O) groups excluding carboxylic acids is 1. The molecular formula is C13H18N2OS. The summed E-state index contributed by atoms with van der Waals surface area (Å²) in [6, 6.07) is 7.41. The van der Waals surface area contributed by atoms with Gasteiger partial charge in [-0.05, 0) is 45.1 Å². The number of nitrogens with zero attached hydrogens (tertiary/aromatic N) is 1. The van der Waals surface area contributed by atoms with Gasteiger partial charge in [-0.3, -0.25) is 4.79 Å². The standard InChI is InChI=1S/C13H18N2OS/c1-4-15(5-2)13(17)14-12-9-7-6-8-11(12)10(3)16/h6-9H,4-5H2,1-3H3,(H,14,17). The van der Waals surface area contributed by atoms with Crippen LogP contribution < -0.4 is 5.32 Å². The molecule has 0 heterocycles. The summed E-state index contributed by atoms with van der Waals surface area (Å²) in [6.07, 6.45) is 0. The molecule has 1 aromatic carbocycles. The van der Waals surface area contributed by atoms with Crippen LogP contribution in [-0.4, -0.2) is 28.9 Å². The number of thiocarbonyl (C=S) groups is 1. The van der Waals surface area contributed by atoms with Gasteiger partial charge in [-0.1, -0.05) is 12.1 Å². The molecule has 0 fully saturated rings. The summed E-state index contributed by atoms with van der Waals surface area (Å²) in [5.41, 5.74) is 1.44. The molecule has 0 aliphatic rings. The highest BCUT2D eigenvalue weighted by Gasteiger charge is 2.10. The zero-order chi connectivity index (χ0) is 12.8. The summed E-state index contributed by atoms with van der Waals surface area (Å²) >= 11 is 5.31. The molecule has 92 valence electrons. The summed E-state index contributed by atoms with van der Waals surface area (Å²) in [6.45, 7) is 7.36. The monoisotopic (exact) mass is 250 g/mol. The Morgan fingerprint density at radius 3 is 2.41 bits per heavy atom. The molecule has 1 N–H and O–H groups in total. The van der Waals surface area contributed by atoms with Crippen molar-refractivity contribution < 1.29 is 4.79 Å².